The van der Waals surface area contributed by atoms with Gasteiger partial charge in [-0.3, -0.25) is 0 Å². The summed E-state index contributed by atoms with van der Waals surface area (Å²) < 4.78 is 5.35. The summed E-state index contributed by atoms with van der Waals surface area (Å²) in [6.07, 6.45) is 0. The zero-order valence-corrected chi connectivity index (χ0v) is 27.2. The van der Waals surface area contributed by atoms with Crippen LogP contribution >= 0.6 is 0 Å². The molecule has 0 unspecified atom stereocenters. The molecule has 2 aromatic heterocycles. The van der Waals surface area contributed by atoms with Gasteiger partial charge in [-0.2, -0.15) is 0 Å². The van der Waals surface area contributed by atoms with Crippen LogP contribution in [0.5, 0.6) is 0 Å². The molecular formula is C44H28N2Se. The summed E-state index contributed by atoms with van der Waals surface area (Å²) in [5.74, 6) is 0. The molecule has 0 saturated carbocycles. The van der Waals surface area contributed by atoms with E-state index in [1.165, 1.54) is 74.0 Å². The average molecular weight is 664 g/mol. The fraction of sp³-hybridized carbons (Fsp3) is 0. The molecule has 2 heterocycles. The van der Waals surface area contributed by atoms with Crippen LogP contribution in [0.25, 0.3) is 68.3 Å². The van der Waals surface area contributed by atoms with Crippen molar-refractivity contribution in [2.45, 2.75) is 0 Å². The molecule has 0 spiro atoms. The first-order valence-corrected chi connectivity index (χ1v) is 17.7. The van der Waals surface area contributed by atoms with Gasteiger partial charge in [0, 0.05) is 0 Å². The van der Waals surface area contributed by atoms with E-state index in [2.05, 4.69) is 179 Å². The van der Waals surface area contributed by atoms with Crippen LogP contribution in [0.2, 0.25) is 0 Å². The van der Waals surface area contributed by atoms with Gasteiger partial charge in [0.1, 0.15) is 0 Å². The van der Waals surface area contributed by atoms with Gasteiger partial charge in [-0.05, 0) is 0 Å². The van der Waals surface area contributed by atoms with Gasteiger partial charge in [0.05, 0.1) is 0 Å². The minimum atomic E-state index is 0.234. The Morgan fingerprint density at radius 3 is 1.85 bits per heavy atom. The predicted octanol–water partition coefficient (Wildman–Crippen LogP) is 11.9. The molecule has 0 aliphatic heterocycles. The van der Waals surface area contributed by atoms with Crippen LogP contribution < -0.4 is 4.90 Å². The molecule has 220 valence electrons. The number of fused-ring (bicyclic) bond motifs is 9. The second kappa shape index (κ2) is 10.5. The van der Waals surface area contributed by atoms with Crippen LogP contribution in [0.4, 0.5) is 17.1 Å². The molecule has 0 aliphatic carbocycles. The number of nitrogens with zero attached hydrogens (tertiary/aromatic N) is 2. The third-order valence-electron chi connectivity index (χ3n) is 9.51. The van der Waals surface area contributed by atoms with Crippen molar-refractivity contribution in [3.63, 3.8) is 0 Å². The van der Waals surface area contributed by atoms with Gasteiger partial charge < -0.3 is 0 Å². The average Bonchev–Trinajstić information content (AvgIpc) is 3.66. The van der Waals surface area contributed by atoms with Gasteiger partial charge in [-0.15, -0.1) is 0 Å². The van der Waals surface area contributed by atoms with Crippen molar-refractivity contribution >= 4 is 94.2 Å². The number of hydrogen-bond donors (Lipinski definition) is 0. The Hall–Kier alpha value is -5.60. The van der Waals surface area contributed by atoms with Crippen molar-refractivity contribution in [1.29, 1.82) is 0 Å². The Kier molecular flexibility index (Phi) is 5.92. The number of hydrogen-bond acceptors (Lipinski definition) is 1. The number of aromatic nitrogens is 1. The first-order chi connectivity index (χ1) is 23.3. The summed E-state index contributed by atoms with van der Waals surface area (Å²) in [6, 6.07) is 62.4. The van der Waals surface area contributed by atoms with Crippen LogP contribution in [0.15, 0.2) is 170 Å². The first kappa shape index (κ1) is 26.6. The number of para-hydroxylation sites is 2. The first-order valence-electron chi connectivity index (χ1n) is 16.0. The maximum atomic E-state index is 2.43. The monoisotopic (exact) mass is 664 g/mol. The molecule has 0 N–H and O–H groups in total. The van der Waals surface area contributed by atoms with Crippen molar-refractivity contribution in [2.75, 3.05) is 4.90 Å². The summed E-state index contributed by atoms with van der Waals surface area (Å²) >= 11 is 0.234. The van der Waals surface area contributed by atoms with E-state index in [4.69, 9.17) is 0 Å². The van der Waals surface area contributed by atoms with E-state index in [1.54, 1.807) is 0 Å². The predicted molar refractivity (Wildman–Crippen MR) is 202 cm³/mol. The third kappa shape index (κ3) is 4.18. The number of anilines is 3. The molecule has 0 saturated heterocycles. The zero-order chi connectivity index (χ0) is 30.9. The van der Waals surface area contributed by atoms with Crippen LogP contribution in [0, 0.1) is 0 Å². The van der Waals surface area contributed by atoms with Gasteiger partial charge in [0.2, 0.25) is 0 Å². The van der Waals surface area contributed by atoms with Crippen LogP contribution in [-0.2, 0) is 0 Å². The molecule has 0 atom stereocenters. The number of benzene rings is 8. The Bertz CT molecular complexity index is 2790. The molecule has 0 bridgehead atoms. The van der Waals surface area contributed by atoms with E-state index in [-0.39, 0.29) is 14.5 Å². The molecule has 0 fully saturated rings. The molecule has 0 aliphatic rings. The van der Waals surface area contributed by atoms with Gasteiger partial charge in [-0.25, -0.2) is 0 Å². The molecule has 3 heteroatoms. The topological polar surface area (TPSA) is 8.17 Å². The summed E-state index contributed by atoms with van der Waals surface area (Å²) in [4.78, 5) is 2.42. The summed E-state index contributed by atoms with van der Waals surface area (Å²) in [5, 5.41) is 10.5. The minimum absolute atomic E-state index is 0.234. The van der Waals surface area contributed by atoms with Crippen molar-refractivity contribution in [2.24, 2.45) is 0 Å². The van der Waals surface area contributed by atoms with Gasteiger partial charge >= 0.3 is 267 Å². The van der Waals surface area contributed by atoms with Crippen LogP contribution in [0.3, 0.4) is 0 Å². The Labute approximate surface area is 278 Å². The summed E-state index contributed by atoms with van der Waals surface area (Å²) in [5.41, 5.74) is 7.08. The van der Waals surface area contributed by atoms with Crippen molar-refractivity contribution < 1.29 is 0 Å². The van der Waals surface area contributed by atoms with E-state index >= 15 is 0 Å². The summed E-state index contributed by atoms with van der Waals surface area (Å²) in [7, 11) is 0. The maximum absolute atomic E-state index is 2.43. The van der Waals surface area contributed by atoms with Crippen LogP contribution in [0.1, 0.15) is 0 Å². The Morgan fingerprint density at radius 1 is 0.383 bits per heavy atom. The third-order valence-corrected chi connectivity index (χ3v) is 12.0. The Balaban J connectivity index is 1.22. The molecule has 0 amide bonds. The number of rotatable bonds is 4. The van der Waals surface area contributed by atoms with Crippen molar-refractivity contribution in [3.8, 4) is 5.69 Å². The van der Waals surface area contributed by atoms with E-state index in [0.29, 0.717) is 0 Å². The normalized spacial score (nSPS) is 11.8. The molecule has 47 heavy (non-hydrogen) atoms. The molecule has 8 aromatic carbocycles. The van der Waals surface area contributed by atoms with E-state index < -0.39 is 0 Å². The van der Waals surface area contributed by atoms with Gasteiger partial charge in [0.25, 0.3) is 0 Å². The van der Waals surface area contributed by atoms with E-state index in [0.717, 1.165) is 11.4 Å². The zero-order valence-electron chi connectivity index (χ0n) is 25.5. The van der Waals surface area contributed by atoms with Gasteiger partial charge in [-0.1, -0.05) is 12.1 Å². The van der Waals surface area contributed by atoms with E-state index in [9.17, 15) is 0 Å². The SMILES string of the molecule is c1ccc(N(c2ccc3c(c2)[se]c2c4ccccc4ccc32)c2ccc3c(c2)c2cc4ccccc4cc2n3-c2ccccc2)cc1. The molecule has 0 radical (unpaired) electrons. The second-order valence-electron chi connectivity index (χ2n) is 12.2. The Morgan fingerprint density at radius 2 is 1.02 bits per heavy atom. The molecule has 2 nitrogen and oxygen atoms in total. The molecule has 10 rings (SSSR count). The fourth-order valence-electron chi connectivity index (χ4n) is 7.34. The van der Waals surface area contributed by atoms with Gasteiger partial charge in [0.15, 0.2) is 0 Å². The van der Waals surface area contributed by atoms with Crippen molar-refractivity contribution in [1.82, 2.24) is 4.57 Å². The quantitative estimate of drug-likeness (QED) is 0.170. The standard InChI is InChI=1S/C44H28N2Se/c1-3-14-32(15-4-1)45(35-20-23-37-38-22-19-29-11-9-10-18-36(29)44(38)47-43(37)28-35)34-21-24-41-40(27-34)39-25-30-12-7-8-13-31(30)26-42(39)46(41)33-16-5-2-6-17-33/h1-28H. The van der Waals surface area contributed by atoms with Crippen LogP contribution in [-0.4, -0.2) is 19.1 Å². The summed E-state index contributed by atoms with van der Waals surface area (Å²) in [6.45, 7) is 0. The fourth-order valence-corrected chi connectivity index (χ4v) is 10.0. The van der Waals surface area contributed by atoms with E-state index in [1.807, 2.05) is 0 Å². The molecular weight excluding hydrogens is 635 g/mol. The second-order valence-corrected chi connectivity index (χ2v) is 14.4. The van der Waals surface area contributed by atoms with Crippen molar-refractivity contribution in [3.05, 3.63) is 170 Å². The molecule has 10 aromatic rings.